The molecule has 2 atom stereocenters. The summed E-state index contributed by atoms with van der Waals surface area (Å²) in [5, 5.41) is 2.93. The van der Waals surface area contributed by atoms with Crippen LogP contribution in [0.5, 0.6) is 0 Å². The van der Waals surface area contributed by atoms with E-state index in [4.69, 9.17) is 0 Å². The lowest BCUT2D eigenvalue weighted by Crippen LogP contribution is -2.68. The molecule has 4 nitrogen and oxygen atoms in total. The van der Waals surface area contributed by atoms with Crippen molar-refractivity contribution in [3.8, 4) is 0 Å². The number of hydrogen-bond acceptors (Lipinski definition) is 2. The first-order valence-electron chi connectivity index (χ1n) is 7.32. The minimum absolute atomic E-state index is 0.00942. The van der Waals surface area contributed by atoms with Crippen LogP contribution in [0.3, 0.4) is 0 Å². The minimum atomic E-state index is -0.395. The van der Waals surface area contributed by atoms with E-state index in [0.717, 1.165) is 6.54 Å². The highest BCUT2D eigenvalue weighted by Gasteiger charge is 2.47. The smallest absolute Gasteiger partial charge is 0.246 e. The molecule has 1 N–H and O–H groups in total. The molecule has 2 rings (SSSR count). The van der Waals surface area contributed by atoms with Crippen LogP contribution in [0.15, 0.2) is 0 Å². The summed E-state index contributed by atoms with van der Waals surface area (Å²) < 4.78 is 0. The highest BCUT2D eigenvalue weighted by Crippen LogP contribution is 2.34. The van der Waals surface area contributed by atoms with Crippen LogP contribution >= 0.6 is 0 Å². The molecule has 1 aliphatic carbocycles. The summed E-state index contributed by atoms with van der Waals surface area (Å²) in [5.41, 5.74) is -0.240. The fraction of sp³-hybridized carbons (Fsp3) is 0.867. The Labute approximate surface area is 115 Å². The molecule has 19 heavy (non-hydrogen) atoms. The number of nitrogens with zero attached hydrogens (tertiary/aromatic N) is 1. The second-order valence-corrected chi connectivity index (χ2v) is 7.43. The summed E-state index contributed by atoms with van der Waals surface area (Å²) in [5.74, 6) is 0.869. The zero-order chi connectivity index (χ0) is 14.4. The average molecular weight is 266 g/mol. The van der Waals surface area contributed by atoms with Crippen LogP contribution in [0, 0.1) is 17.3 Å². The minimum Gasteiger partial charge on any atom is -0.342 e. The third-order valence-electron chi connectivity index (χ3n) is 4.07. The Morgan fingerprint density at radius 2 is 1.84 bits per heavy atom. The van der Waals surface area contributed by atoms with Crippen molar-refractivity contribution in [3.05, 3.63) is 0 Å². The predicted molar refractivity (Wildman–Crippen MR) is 74.4 cm³/mol. The molecule has 0 spiro atoms. The lowest BCUT2D eigenvalue weighted by Gasteiger charge is -2.44. The summed E-state index contributed by atoms with van der Waals surface area (Å²) >= 11 is 0. The molecule has 1 aliphatic heterocycles. The normalized spacial score (nSPS) is 28.8. The maximum Gasteiger partial charge on any atom is 0.246 e. The van der Waals surface area contributed by atoms with Crippen molar-refractivity contribution >= 4 is 11.8 Å². The second-order valence-electron chi connectivity index (χ2n) is 7.43. The SMILES string of the molecule is CC(C)C1C(=O)NC(C(C)(C)C)C(=O)N1CC1CC1. The Kier molecular flexibility index (Phi) is 3.63. The van der Waals surface area contributed by atoms with Crippen LogP contribution in [0.25, 0.3) is 0 Å². The van der Waals surface area contributed by atoms with Gasteiger partial charge in [0.05, 0.1) is 0 Å². The summed E-state index contributed by atoms with van der Waals surface area (Å²) in [4.78, 5) is 26.9. The standard InChI is InChI=1S/C15H26N2O2/c1-9(2)11-13(18)16-12(15(3,4)5)14(19)17(11)8-10-6-7-10/h9-12H,6-8H2,1-5H3,(H,16,18). The van der Waals surface area contributed by atoms with E-state index >= 15 is 0 Å². The number of hydrogen-bond donors (Lipinski definition) is 1. The molecule has 0 bridgehead atoms. The third-order valence-corrected chi connectivity index (χ3v) is 4.07. The van der Waals surface area contributed by atoms with Crippen molar-refractivity contribution in [3.63, 3.8) is 0 Å². The van der Waals surface area contributed by atoms with Crippen LogP contribution < -0.4 is 5.32 Å². The van der Waals surface area contributed by atoms with Gasteiger partial charge in [-0.25, -0.2) is 0 Å². The first-order valence-corrected chi connectivity index (χ1v) is 7.32. The van der Waals surface area contributed by atoms with Crippen molar-refractivity contribution in [2.75, 3.05) is 6.54 Å². The van der Waals surface area contributed by atoms with Gasteiger partial charge in [-0.05, 0) is 30.1 Å². The van der Waals surface area contributed by atoms with Gasteiger partial charge in [0.25, 0.3) is 0 Å². The van der Waals surface area contributed by atoms with Gasteiger partial charge in [0, 0.05) is 6.54 Å². The van der Waals surface area contributed by atoms with Crippen LogP contribution in [0.4, 0.5) is 0 Å². The molecule has 108 valence electrons. The van der Waals surface area contributed by atoms with E-state index < -0.39 is 6.04 Å². The van der Waals surface area contributed by atoms with Crippen LogP contribution in [0.1, 0.15) is 47.5 Å². The van der Waals surface area contributed by atoms with E-state index in [0.29, 0.717) is 5.92 Å². The van der Waals surface area contributed by atoms with Crippen molar-refractivity contribution in [1.82, 2.24) is 10.2 Å². The molecule has 2 fully saturated rings. The van der Waals surface area contributed by atoms with Gasteiger partial charge in [0.15, 0.2) is 0 Å². The van der Waals surface area contributed by atoms with E-state index in [-0.39, 0.29) is 29.2 Å². The molecule has 2 amide bonds. The lowest BCUT2D eigenvalue weighted by atomic mass is 9.82. The summed E-state index contributed by atoms with van der Waals surface area (Å²) in [6.07, 6.45) is 2.38. The zero-order valence-electron chi connectivity index (χ0n) is 12.7. The zero-order valence-corrected chi connectivity index (χ0v) is 12.7. The number of nitrogens with one attached hydrogen (secondary N) is 1. The van der Waals surface area contributed by atoms with Crippen molar-refractivity contribution < 1.29 is 9.59 Å². The second kappa shape index (κ2) is 4.80. The fourth-order valence-corrected chi connectivity index (χ4v) is 2.77. The van der Waals surface area contributed by atoms with Crippen molar-refractivity contribution in [1.29, 1.82) is 0 Å². The summed E-state index contributed by atoms with van der Waals surface area (Å²) in [7, 11) is 0. The Morgan fingerprint density at radius 3 is 2.26 bits per heavy atom. The lowest BCUT2D eigenvalue weighted by molar-refractivity contribution is -0.154. The maximum absolute atomic E-state index is 12.7. The fourth-order valence-electron chi connectivity index (χ4n) is 2.77. The largest absolute Gasteiger partial charge is 0.342 e. The van der Waals surface area contributed by atoms with Gasteiger partial charge in [0.2, 0.25) is 11.8 Å². The number of rotatable bonds is 3. The van der Waals surface area contributed by atoms with Crippen LogP contribution in [-0.2, 0) is 9.59 Å². The van der Waals surface area contributed by atoms with Gasteiger partial charge in [0.1, 0.15) is 12.1 Å². The Balaban J connectivity index is 2.24. The van der Waals surface area contributed by atoms with Gasteiger partial charge < -0.3 is 10.2 Å². The van der Waals surface area contributed by atoms with E-state index in [9.17, 15) is 9.59 Å². The Bertz CT molecular complexity index is 380. The maximum atomic E-state index is 12.7. The summed E-state index contributed by atoms with van der Waals surface area (Å²) in [6.45, 7) is 10.8. The Morgan fingerprint density at radius 1 is 1.26 bits per heavy atom. The molecule has 2 unspecified atom stereocenters. The number of amides is 2. The van der Waals surface area contributed by atoms with E-state index in [1.807, 2.05) is 39.5 Å². The summed E-state index contributed by atoms with van der Waals surface area (Å²) in [6, 6.07) is -0.694. The molecule has 0 aromatic carbocycles. The molecule has 4 heteroatoms. The molecular weight excluding hydrogens is 240 g/mol. The molecule has 1 saturated heterocycles. The van der Waals surface area contributed by atoms with Gasteiger partial charge in [-0.3, -0.25) is 9.59 Å². The van der Waals surface area contributed by atoms with E-state index in [1.165, 1.54) is 12.8 Å². The molecule has 0 aromatic heterocycles. The first kappa shape index (κ1) is 14.4. The number of carbonyl (C=O) groups excluding carboxylic acids is 2. The van der Waals surface area contributed by atoms with Crippen LogP contribution in [0.2, 0.25) is 0 Å². The highest BCUT2D eigenvalue weighted by molar-refractivity contribution is 5.97. The van der Waals surface area contributed by atoms with Crippen molar-refractivity contribution in [2.45, 2.75) is 59.5 Å². The monoisotopic (exact) mass is 266 g/mol. The third kappa shape index (κ3) is 2.93. The topological polar surface area (TPSA) is 49.4 Å². The predicted octanol–water partition coefficient (Wildman–Crippen LogP) is 1.79. The van der Waals surface area contributed by atoms with Gasteiger partial charge >= 0.3 is 0 Å². The quantitative estimate of drug-likeness (QED) is 0.846. The van der Waals surface area contributed by atoms with E-state index in [1.54, 1.807) is 0 Å². The highest BCUT2D eigenvalue weighted by atomic mass is 16.2. The molecule has 1 saturated carbocycles. The van der Waals surface area contributed by atoms with Crippen molar-refractivity contribution in [2.24, 2.45) is 17.3 Å². The Hall–Kier alpha value is -1.06. The molecule has 1 heterocycles. The van der Waals surface area contributed by atoms with E-state index in [2.05, 4.69) is 5.32 Å². The van der Waals surface area contributed by atoms with Gasteiger partial charge in [-0.2, -0.15) is 0 Å². The molecule has 0 radical (unpaired) electrons. The first-order chi connectivity index (χ1) is 8.71. The van der Waals surface area contributed by atoms with Crippen LogP contribution in [-0.4, -0.2) is 35.3 Å². The molecular formula is C15H26N2O2. The molecule has 0 aromatic rings. The van der Waals surface area contributed by atoms with Gasteiger partial charge in [-0.15, -0.1) is 0 Å². The van der Waals surface area contributed by atoms with Gasteiger partial charge in [-0.1, -0.05) is 34.6 Å². The number of carbonyl (C=O) groups is 2. The average Bonchev–Trinajstić information content (AvgIpc) is 3.04. The molecule has 2 aliphatic rings. The number of piperazine rings is 1.